The number of rotatable bonds is 4. The van der Waals surface area contributed by atoms with E-state index in [4.69, 9.17) is 11.6 Å². The lowest BCUT2D eigenvalue weighted by Crippen LogP contribution is -2.43. The summed E-state index contributed by atoms with van der Waals surface area (Å²) < 4.78 is 4.82. The summed E-state index contributed by atoms with van der Waals surface area (Å²) in [5.74, 6) is 0. The minimum atomic E-state index is -0.321. The highest BCUT2D eigenvalue weighted by atomic mass is 35.5. The van der Waals surface area contributed by atoms with Crippen LogP contribution < -0.4 is 11.2 Å². The summed E-state index contributed by atoms with van der Waals surface area (Å²) >= 11 is 6.37. The second-order valence-electron chi connectivity index (χ2n) is 8.06. The van der Waals surface area contributed by atoms with E-state index in [2.05, 4.69) is 4.98 Å². The van der Waals surface area contributed by atoms with Crippen LogP contribution in [0.3, 0.4) is 0 Å². The molecule has 0 aliphatic heterocycles. The lowest BCUT2D eigenvalue weighted by Gasteiger charge is -2.24. The molecule has 0 bridgehead atoms. The Morgan fingerprint density at radius 2 is 1.65 bits per heavy atom. The van der Waals surface area contributed by atoms with Gasteiger partial charge in [-0.1, -0.05) is 67.3 Å². The van der Waals surface area contributed by atoms with Crippen molar-refractivity contribution in [2.24, 2.45) is 0 Å². The van der Waals surface area contributed by atoms with Gasteiger partial charge in [0, 0.05) is 11.1 Å². The van der Waals surface area contributed by atoms with Crippen LogP contribution >= 0.6 is 11.6 Å². The molecule has 0 radical (unpaired) electrons. The molecule has 0 spiro atoms. The van der Waals surface area contributed by atoms with E-state index < -0.39 is 0 Å². The fourth-order valence-corrected chi connectivity index (χ4v) is 4.75. The molecule has 1 aliphatic rings. The smallest absolute Gasteiger partial charge is 0.320 e. The van der Waals surface area contributed by atoms with Gasteiger partial charge in [0.05, 0.1) is 18.6 Å². The molecule has 1 fully saturated rings. The number of halogens is 1. The van der Waals surface area contributed by atoms with E-state index in [0.29, 0.717) is 28.4 Å². The van der Waals surface area contributed by atoms with Crippen LogP contribution in [-0.4, -0.2) is 18.7 Å². The molecule has 2 aromatic heterocycles. The van der Waals surface area contributed by atoms with Crippen molar-refractivity contribution in [3.8, 4) is 5.69 Å². The Bertz CT molecular complexity index is 1350. The minimum absolute atomic E-state index is 0.0863. The molecule has 0 atom stereocenters. The lowest BCUT2D eigenvalue weighted by atomic mass is 9.95. The van der Waals surface area contributed by atoms with E-state index in [0.717, 1.165) is 37.7 Å². The van der Waals surface area contributed by atoms with Crippen molar-refractivity contribution < 1.29 is 0 Å². The molecule has 1 aliphatic carbocycles. The van der Waals surface area contributed by atoms with E-state index in [9.17, 15) is 9.59 Å². The van der Waals surface area contributed by atoms with Crippen molar-refractivity contribution >= 4 is 22.8 Å². The van der Waals surface area contributed by atoms with Gasteiger partial charge in [-0.3, -0.25) is 9.36 Å². The summed E-state index contributed by atoms with van der Waals surface area (Å²) in [4.78, 5) is 31.7. The maximum absolute atomic E-state index is 13.6. The second-order valence-corrected chi connectivity index (χ2v) is 8.46. The van der Waals surface area contributed by atoms with Gasteiger partial charge < -0.3 is 4.57 Å². The normalized spacial score (nSPS) is 14.9. The SMILES string of the molecule is O=c1c2c(ncn2Cc2ccccc2Cl)n(-c2ccccc2)c(=O)n1C1CCCCC1. The van der Waals surface area contributed by atoms with Crippen LogP contribution in [0, 0.1) is 0 Å². The van der Waals surface area contributed by atoms with Crippen LogP contribution in [0.15, 0.2) is 70.5 Å². The quantitative estimate of drug-likeness (QED) is 0.473. The largest absolute Gasteiger partial charge is 0.337 e. The number of hydrogen-bond donors (Lipinski definition) is 0. The molecule has 6 nitrogen and oxygen atoms in total. The van der Waals surface area contributed by atoms with Crippen molar-refractivity contribution in [3.63, 3.8) is 0 Å². The third kappa shape index (κ3) is 3.51. The molecular weight excluding hydrogens is 412 g/mol. The monoisotopic (exact) mass is 434 g/mol. The highest BCUT2D eigenvalue weighted by Gasteiger charge is 2.25. The fraction of sp³-hybridized carbons (Fsp3) is 0.292. The molecule has 0 amide bonds. The van der Waals surface area contributed by atoms with Crippen LogP contribution in [0.4, 0.5) is 0 Å². The third-order valence-corrected chi connectivity index (χ3v) is 6.47. The van der Waals surface area contributed by atoms with Crippen LogP contribution in [0.25, 0.3) is 16.9 Å². The summed E-state index contributed by atoms with van der Waals surface area (Å²) in [6, 6.07) is 16.9. The average molecular weight is 435 g/mol. The third-order valence-electron chi connectivity index (χ3n) is 6.10. The standard InChI is InChI=1S/C24H23ClN4O2/c25-20-14-8-7-9-17(20)15-27-16-26-22-21(27)23(30)29(19-12-5-2-6-13-19)24(31)28(22)18-10-3-1-4-11-18/h1,3-4,7-11,14,16,19H,2,5-6,12-13,15H2. The van der Waals surface area contributed by atoms with Gasteiger partial charge in [0.1, 0.15) is 0 Å². The molecule has 158 valence electrons. The molecule has 0 saturated heterocycles. The molecule has 2 heterocycles. The van der Waals surface area contributed by atoms with Gasteiger partial charge in [0.25, 0.3) is 5.56 Å². The Hall–Kier alpha value is -3.12. The summed E-state index contributed by atoms with van der Waals surface area (Å²) in [6.45, 7) is 0.406. The van der Waals surface area contributed by atoms with Gasteiger partial charge in [-0.15, -0.1) is 0 Å². The number of benzene rings is 2. The lowest BCUT2D eigenvalue weighted by molar-refractivity contribution is 0.335. The topological polar surface area (TPSA) is 61.8 Å². The van der Waals surface area contributed by atoms with Crippen molar-refractivity contribution in [2.75, 3.05) is 0 Å². The first-order valence-corrected chi connectivity index (χ1v) is 11.0. The molecule has 1 saturated carbocycles. The first-order valence-electron chi connectivity index (χ1n) is 10.7. The average Bonchev–Trinajstić information content (AvgIpc) is 3.20. The molecular formula is C24H23ClN4O2. The zero-order chi connectivity index (χ0) is 21.4. The summed E-state index contributed by atoms with van der Waals surface area (Å²) in [5, 5.41) is 0.633. The Morgan fingerprint density at radius 3 is 2.39 bits per heavy atom. The fourth-order valence-electron chi connectivity index (χ4n) is 4.55. The zero-order valence-electron chi connectivity index (χ0n) is 17.1. The van der Waals surface area contributed by atoms with E-state index >= 15 is 0 Å². The number of fused-ring (bicyclic) bond motifs is 1. The van der Waals surface area contributed by atoms with E-state index in [1.54, 1.807) is 15.5 Å². The van der Waals surface area contributed by atoms with Gasteiger partial charge in [-0.2, -0.15) is 0 Å². The second kappa shape index (κ2) is 8.19. The number of aromatic nitrogens is 4. The maximum Gasteiger partial charge on any atom is 0.337 e. The minimum Gasteiger partial charge on any atom is -0.320 e. The molecule has 2 aromatic carbocycles. The van der Waals surface area contributed by atoms with E-state index in [1.165, 1.54) is 4.57 Å². The predicted octanol–water partition coefficient (Wildman–Crippen LogP) is 4.56. The summed E-state index contributed by atoms with van der Waals surface area (Å²) in [5.41, 5.74) is 1.80. The maximum atomic E-state index is 13.6. The van der Waals surface area contributed by atoms with Crippen molar-refractivity contribution in [3.05, 3.63) is 92.3 Å². The first-order chi connectivity index (χ1) is 15.1. The molecule has 4 aromatic rings. The molecule has 5 rings (SSSR count). The summed E-state index contributed by atoms with van der Waals surface area (Å²) in [7, 11) is 0. The number of imidazole rings is 1. The number of nitrogens with zero attached hydrogens (tertiary/aromatic N) is 4. The van der Waals surface area contributed by atoms with Crippen LogP contribution in [0.1, 0.15) is 43.7 Å². The Morgan fingerprint density at radius 1 is 0.935 bits per heavy atom. The number of para-hydroxylation sites is 1. The van der Waals surface area contributed by atoms with E-state index in [-0.39, 0.29) is 17.3 Å². The summed E-state index contributed by atoms with van der Waals surface area (Å²) in [6.07, 6.45) is 6.50. The van der Waals surface area contributed by atoms with Gasteiger partial charge in [-0.05, 0) is 36.6 Å². The van der Waals surface area contributed by atoms with Gasteiger partial charge in [0.15, 0.2) is 11.2 Å². The molecule has 31 heavy (non-hydrogen) atoms. The highest BCUT2D eigenvalue weighted by molar-refractivity contribution is 6.31. The van der Waals surface area contributed by atoms with Crippen LogP contribution in [-0.2, 0) is 6.54 Å². The Kier molecular flexibility index (Phi) is 5.24. The Labute approximate surface area is 184 Å². The number of hydrogen-bond acceptors (Lipinski definition) is 3. The molecule has 7 heteroatoms. The van der Waals surface area contributed by atoms with Crippen molar-refractivity contribution in [2.45, 2.75) is 44.7 Å². The van der Waals surface area contributed by atoms with Gasteiger partial charge >= 0.3 is 5.69 Å². The van der Waals surface area contributed by atoms with Crippen molar-refractivity contribution in [1.29, 1.82) is 0 Å². The van der Waals surface area contributed by atoms with Gasteiger partial charge in [-0.25, -0.2) is 14.3 Å². The van der Waals surface area contributed by atoms with Gasteiger partial charge in [0.2, 0.25) is 0 Å². The highest BCUT2D eigenvalue weighted by Crippen LogP contribution is 2.27. The zero-order valence-corrected chi connectivity index (χ0v) is 17.8. The van der Waals surface area contributed by atoms with Crippen LogP contribution in [0.5, 0.6) is 0 Å². The van der Waals surface area contributed by atoms with Crippen molar-refractivity contribution in [1.82, 2.24) is 18.7 Å². The first kappa shape index (κ1) is 19.8. The molecule has 0 N–H and O–H groups in total. The molecule has 0 unspecified atom stereocenters. The van der Waals surface area contributed by atoms with E-state index in [1.807, 2.05) is 54.6 Å². The van der Waals surface area contributed by atoms with Crippen LogP contribution in [0.2, 0.25) is 5.02 Å². The predicted molar refractivity (Wildman–Crippen MR) is 122 cm³/mol. The Balaban J connectivity index is 1.78.